The number of aromatic nitrogens is 3. The van der Waals surface area contributed by atoms with Gasteiger partial charge in [0.1, 0.15) is 11.4 Å². The lowest BCUT2D eigenvalue weighted by Gasteiger charge is -2.15. The number of nitrogens with zero attached hydrogens (tertiary/aromatic N) is 3. The molecule has 2 heterocycles. The predicted octanol–water partition coefficient (Wildman–Crippen LogP) is 9.94. The summed E-state index contributed by atoms with van der Waals surface area (Å²) in [5, 5.41) is 12.3. The standard InChI is InChI=1S/C39H40BrIN4O3.H2/c1-4-47-39(46)38-32(16-9-24-48-35-17-7-12-27-11-5-6-13-30(27)35)31-14-8-15-33(36-26(2)43-44(3)34(36)25-40)37(31)45(38)23-10-22-42-29-20-18-28(41)19-21-29;/h5-8,11-15,17-21,42H,4,9-10,16,22-25H2,1-3H3;1H. The van der Waals surface area contributed by atoms with E-state index in [1.165, 1.54) is 3.57 Å². The van der Waals surface area contributed by atoms with Crippen molar-refractivity contribution in [2.24, 2.45) is 7.05 Å². The van der Waals surface area contributed by atoms with Crippen LogP contribution in [0, 0.1) is 10.5 Å². The molecule has 0 unspecified atom stereocenters. The number of para-hydroxylation sites is 1. The van der Waals surface area contributed by atoms with Crippen molar-refractivity contribution in [1.29, 1.82) is 0 Å². The van der Waals surface area contributed by atoms with Gasteiger partial charge in [-0.2, -0.15) is 5.10 Å². The van der Waals surface area contributed by atoms with Crippen molar-refractivity contribution in [3.8, 4) is 16.9 Å². The van der Waals surface area contributed by atoms with Gasteiger partial charge in [0, 0.05) is 58.1 Å². The molecule has 0 radical (unpaired) electrons. The van der Waals surface area contributed by atoms with Crippen LogP contribution in [0.25, 0.3) is 32.8 Å². The molecule has 0 bridgehead atoms. The number of esters is 1. The Kier molecular flexibility index (Phi) is 11.1. The predicted molar refractivity (Wildman–Crippen MR) is 210 cm³/mol. The van der Waals surface area contributed by atoms with Gasteiger partial charge in [0.2, 0.25) is 0 Å². The van der Waals surface area contributed by atoms with Crippen molar-refractivity contribution in [1.82, 2.24) is 14.3 Å². The molecule has 0 saturated carbocycles. The second kappa shape index (κ2) is 15.6. The molecule has 0 fully saturated rings. The van der Waals surface area contributed by atoms with E-state index in [-0.39, 0.29) is 7.40 Å². The summed E-state index contributed by atoms with van der Waals surface area (Å²) in [5.41, 5.74) is 7.96. The summed E-state index contributed by atoms with van der Waals surface area (Å²) in [4.78, 5) is 13.9. The third kappa shape index (κ3) is 7.12. The van der Waals surface area contributed by atoms with Crippen LogP contribution in [-0.4, -0.2) is 40.1 Å². The minimum atomic E-state index is -0.293. The Balaban J connectivity index is 0.00000468. The Labute approximate surface area is 305 Å². The van der Waals surface area contributed by atoms with Crippen molar-refractivity contribution < 1.29 is 15.7 Å². The van der Waals surface area contributed by atoms with Gasteiger partial charge >= 0.3 is 5.97 Å². The summed E-state index contributed by atoms with van der Waals surface area (Å²) in [5.74, 6) is 0.581. The van der Waals surface area contributed by atoms with Gasteiger partial charge in [0.25, 0.3) is 0 Å². The lowest BCUT2D eigenvalue weighted by atomic mass is 9.98. The largest absolute Gasteiger partial charge is 0.493 e. The summed E-state index contributed by atoms with van der Waals surface area (Å²) >= 11 is 6.02. The number of ether oxygens (including phenoxy) is 2. The van der Waals surface area contributed by atoms with Gasteiger partial charge in [-0.15, -0.1) is 0 Å². The first kappa shape index (κ1) is 34.0. The van der Waals surface area contributed by atoms with Crippen molar-refractivity contribution in [3.05, 3.63) is 111 Å². The second-order valence-corrected chi connectivity index (χ2v) is 13.6. The number of hydrogen-bond acceptors (Lipinski definition) is 5. The maximum Gasteiger partial charge on any atom is 0.355 e. The first-order valence-corrected chi connectivity index (χ1v) is 18.6. The average molecular weight is 822 g/mol. The van der Waals surface area contributed by atoms with E-state index in [0.29, 0.717) is 37.2 Å². The Morgan fingerprint density at radius 2 is 1.73 bits per heavy atom. The minimum absolute atomic E-state index is 0. The van der Waals surface area contributed by atoms with E-state index < -0.39 is 0 Å². The lowest BCUT2D eigenvalue weighted by molar-refractivity contribution is 0.0512. The van der Waals surface area contributed by atoms with Crippen molar-refractivity contribution in [3.63, 3.8) is 0 Å². The van der Waals surface area contributed by atoms with Gasteiger partial charge in [-0.05, 0) is 97.0 Å². The molecule has 0 saturated heterocycles. The summed E-state index contributed by atoms with van der Waals surface area (Å²) in [6, 6.07) is 29.2. The van der Waals surface area contributed by atoms with Crippen LogP contribution in [0.3, 0.4) is 0 Å². The highest BCUT2D eigenvalue weighted by molar-refractivity contribution is 14.1. The highest BCUT2D eigenvalue weighted by atomic mass is 127. The van der Waals surface area contributed by atoms with Crippen LogP contribution >= 0.6 is 38.5 Å². The Bertz CT molecular complexity index is 2050. The summed E-state index contributed by atoms with van der Waals surface area (Å²) in [6.45, 7) is 6.15. The number of alkyl halides is 1. The fourth-order valence-corrected chi connectivity index (χ4v) is 7.59. The zero-order chi connectivity index (χ0) is 33.6. The molecule has 250 valence electrons. The first-order valence-electron chi connectivity index (χ1n) is 16.4. The highest BCUT2D eigenvalue weighted by Gasteiger charge is 2.27. The molecule has 7 nitrogen and oxygen atoms in total. The van der Waals surface area contributed by atoms with Crippen molar-refractivity contribution in [2.75, 3.05) is 25.1 Å². The van der Waals surface area contributed by atoms with Crippen LogP contribution in [0.5, 0.6) is 5.75 Å². The number of carbonyl (C=O) groups is 1. The Morgan fingerprint density at radius 1 is 0.979 bits per heavy atom. The second-order valence-electron chi connectivity index (χ2n) is 11.8. The number of nitrogens with one attached hydrogen (secondary N) is 1. The molecule has 1 N–H and O–H groups in total. The molecular formula is C39H42BrIN4O3. The van der Waals surface area contributed by atoms with Gasteiger partial charge in [0.05, 0.1) is 30.1 Å². The zero-order valence-electron chi connectivity index (χ0n) is 27.6. The van der Waals surface area contributed by atoms with E-state index in [2.05, 4.69) is 116 Å². The van der Waals surface area contributed by atoms with E-state index >= 15 is 0 Å². The van der Waals surface area contributed by atoms with Crippen LogP contribution in [0.15, 0.2) is 84.9 Å². The molecule has 48 heavy (non-hydrogen) atoms. The van der Waals surface area contributed by atoms with Gasteiger partial charge < -0.3 is 19.4 Å². The number of carbonyl (C=O) groups excluding carboxylic acids is 1. The van der Waals surface area contributed by atoms with E-state index in [4.69, 9.17) is 14.6 Å². The van der Waals surface area contributed by atoms with E-state index in [9.17, 15) is 4.79 Å². The molecule has 0 aliphatic carbocycles. The average Bonchev–Trinajstić information content (AvgIpc) is 3.57. The number of halogens is 2. The molecule has 9 heteroatoms. The SMILES string of the molecule is CCOC(=O)c1c(CCCOc2cccc3ccccc23)c2cccc(-c3c(C)nn(C)c3CBr)c2n1CCCNc1ccc(I)cc1.[HH]. The summed E-state index contributed by atoms with van der Waals surface area (Å²) in [7, 11) is 1.98. The van der Waals surface area contributed by atoms with Crippen molar-refractivity contribution in [2.45, 2.75) is 45.0 Å². The molecule has 0 aliphatic rings. The monoisotopic (exact) mass is 820 g/mol. The number of aryl methyl sites for hydroxylation is 4. The van der Waals surface area contributed by atoms with E-state index in [1.54, 1.807) is 0 Å². The molecule has 2 aromatic heterocycles. The van der Waals surface area contributed by atoms with Gasteiger partial charge in [-0.3, -0.25) is 4.68 Å². The molecule has 0 aliphatic heterocycles. The van der Waals surface area contributed by atoms with Gasteiger partial charge in [0.15, 0.2) is 0 Å². The summed E-state index contributed by atoms with van der Waals surface area (Å²) in [6.07, 6.45) is 2.23. The summed E-state index contributed by atoms with van der Waals surface area (Å²) < 4.78 is 17.4. The number of rotatable bonds is 14. The molecule has 0 atom stereocenters. The number of hydrogen-bond donors (Lipinski definition) is 1. The third-order valence-corrected chi connectivity index (χ3v) is 9.95. The molecule has 6 aromatic rings. The van der Waals surface area contributed by atoms with Gasteiger partial charge in [-0.1, -0.05) is 70.5 Å². The minimum Gasteiger partial charge on any atom is -0.493 e. The molecule has 0 spiro atoms. The van der Waals surface area contributed by atoms with E-state index in [1.807, 2.05) is 42.9 Å². The maximum absolute atomic E-state index is 13.9. The maximum atomic E-state index is 13.9. The topological polar surface area (TPSA) is 70.3 Å². The number of fused-ring (bicyclic) bond motifs is 2. The fraction of sp³-hybridized carbons (Fsp3) is 0.282. The van der Waals surface area contributed by atoms with Gasteiger partial charge in [-0.25, -0.2) is 4.79 Å². The van der Waals surface area contributed by atoms with Crippen LogP contribution in [-0.2, 0) is 30.1 Å². The Morgan fingerprint density at radius 3 is 2.52 bits per heavy atom. The molecular weight excluding hydrogens is 779 g/mol. The third-order valence-electron chi connectivity index (χ3n) is 8.70. The smallest absolute Gasteiger partial charge is 0.355 e. The first-order chi connectivity index (χ1) is 23.4. The zero-order valence-corrected chi connectivity index (χ0v) is 31.3. The number of benzene rings is 4. The normalized spacial score (nSPS) is 11.4. The van der Waals surface area contributed by atoms with Crippen LogP contribution < -0.4 is 10.1 Å². The molecule has 4 aromatic carbocycles. The quantitative estimate of drug-likeness (QED) is 0.0513. The highest BCUT2D eigenvalue weighted by Crippen LogP contribution is 2.39. The van der Waals surface area contributed by atoms with Crippen LogP contribution in [0.2, 0.25) is 0 Å². The van der Waals surface area contributed by atoms with Crippen LogP contribution in [0.4, 0.5) is 5.69 Å². The molecule has 0 amide bonds. The Hall–Kier alpha value is -3.83. The number of anilines is 1. The molecule has 6 rings (SSSR count). The lowest BCUT2D eigenvalue weighted by Crippen LogP contribution is -2.16. The van der Waals surface area contributed by atoms with E-state index in [0.717, 1.165) is 80.6 Å². The van der Waals surface area contributed by atoms with Crippen molar-refractivity contribution >= 4 is 71.9 Å². The fourth-order valence-electron chi connectivity index (χ4n) is 6.59. The van der Waals surface area contributed by atoms with Crippen LogP contribution in [0.1, 0.15) is 48.6 Å².